The predicted molar refractivity (Wildman–Crippen MR) is 103 cm³/mol. The molecule has 0 aliphatic heterocycles. The summed E-state index contributed by atoms with van der Waals surface area (Å²) in [5, 5.41) is 3.49. The van der Waals surface area contributed by atoms with Gasteiger partial charge in [-0.05, 0) is 31.2 Å². The number of rotatable bonds is 5. The monoisotopic (exact) mass is 409 g/mol. The molecule has 0 radical (unpaired) electrons. The van der Waals surface area contributed by atoms with Gasteiger partial charge in [-0.1, -0.05) is 18.2 Å². The first-order valence-electron chi connectivity index (χ1n) is 8.38. The van der Waals surface area contributed by atoms with Crippen molar-refractivity contribution in [1.29, 1.82) is 0 Å². The van der Waals surface area contributed by atoms with Crippen molar-refractivity contribution in [2.75, 3.05) is 19.0 Å². The maximum atomic E-state index is 12.5. The Hall–Kier alpha value is -2.81. The fraction of sp³-hybridized carbons (Fsp3) is 0.263. The highest BCUT2D eigenvalue weighted by atomic mass is 32.1. The van der Waals surface area contributed by atoms with Crippen molar-refractivity contribution in [3.8, 4) is 5.75 Å². The lowest BCUT2D eigenvalue weighted by Crippen LogP contribution is -2.31. The van der Waals surface area contributed by atoms with E-state index in [1.54, 1.807) is 20.0 Å². The maximum Gasteiger partial charge on any atom is 0.422 e. The zero-order valence-electron chi connectivity index (χ0n) is 15.2. The number of benzene rings is 2. The van der Waals surface area contributed by atoms with E-state index in [0.717, 1.165) is 15.2 Å². The third-order valence-electron chi connectivity index (χ3n) is 3.97. The van der Waals surface area contributed by atoms with Crippen LogP contribution in [-0.4, -0.2) is 35.7 Å². The van der Waals surface area contributed by atoms with Gasteiger partial charge in [0.25, 0.3) is 0 Å². The van der Waals surface area contributed by atoms with Crippen LogP contribution in [0.5, 0.6) is 5.75 Å². The molecule has 5 nitrogen and oxygen atoms in total. The molecule has 2 amide bonds. The summed E-state index contributed by atoms with van der Waals surface area (Å²) in [6.45, 7) is 0.520. The third-order valence-corrected chi connectivity index (χ3v) is 5.00. The molecule has 0 bridgehead atoms. The Morgan fingerprint density at radius 3 is 2.68 bits per heavy atom. The topological polar surface area (TPSA) is 54.5 Å². The third kappa shape index (κ3) is 4.92. The molecule has 3 rings (SSSR count). The van der Waals surface area contributed by atoms with Crippen molar-refractivity contribution < 1.29 is 22.7 Å². The number of carbonyl (C=O) groups is 1. The Balaban J connectivity index is 1.66. The summed E-state index contributed by atoms with van der Waals surface area (Å²) in [6.07, 6.45) is -4.43. The van der Waals surface area contributed by atoms with Crippen LogP contribution in [0, 0.1) is 6.92 Å². The number of nitrogens with zero attached hydrogens (tertiary/aromatic N) is 2. The average Bonchev–Trinajstić information content (AvgIpc) is 3.03. The van der Waals surface area contributed by atoms with Gasteiger partial charge in [0.05, 0.1) is 16.8 Å². The molecule has 0 fully saturated rings. The van der Waals surface area contributed by atoms with Crippen LogP contribution in [0.1, 0.15) is 10.6 Å². The van der Waals surface area contributed by atoms with Gasteiger partial charge in [-0.3, -0.25) is 0 Å². The molecule has 9 heteroatoms. The standard InChI is InChI=1S/C19H18F3N3O2S/c1-12-13(7-5-8-15(12)27-11-19(20,21)22)24-18(26)25(2)10-17-23-14-6-3-4-9-16(14)28-17/h3-9H,10-11H2,1-2H3,(H,24,26). The summed E-state index contributed by atoms with van der Waals surface area (Å²) >= 11 is 1.50. The maximum absolute atomic E-state index is 12.5. The molecule has 0 saturated heterocycles. The number of urea groups is 1. The molecule has 0 atom stereocenters. The number of ether oxygens (including phenoxy) is 1. The van der Waals surface area contributed by atoms with Crippen molar-refractivity contribution in [1.82, 2.24) is 9.88 Å². The number of aromatic nitrogens is 1. The van der Waals surface area contributed by atoms with E-state index in [2.05, 4.69) is 10.3 Å². The Labute approximate surface area is 163 Å². The van der Waals surface area contributed by atoms with Crippen molar-refractivity contribution in [2.24, 2.45) is 0 Å². The molecule has 0 spiro atoms. The molecule has 1 heterocycles. The lowest BCUT2D eigenvalue weighted by atomic mass is 10.2. The van der Waals surface area contributed by atoms with Crippen molar-refractivity contribution in [2.45, 2.75) is 19.6 Å². The van der Waals surface area contributed by atoms with Crippen LogP contribution in [0.4, 0.5) is 23.7 Å². The number of thiazole rings is 1. The predicted octanol–water partition coefficient (Wildman–Crippen LogP) is 5.21. The highest BCUT2D eigenvalue weighted by Crippen LogP contribution is 2.28. The van der Waals surface area contributed by atoms with E-state index >= 15 is 0 Å². The van der Waals surface area contributed by atoms with Crippen LogP contribution in [0.15, 0.2) is 42.5 Å². The van der Waals surface area contributed by atoms with Gasteiger partial charge in [0.15, 0.2) is 6.61 Å². The number of amides is 2. The van der Waals surface area contributed by atoms with Gasteiger partial charge in [0.2, 0.25) is 0 Å². The molecule has 0 aliphatic rings. The van der Waals surface area contributed by atoms with E-state index < -0.39 is 18.8 Å². The fourth-order valence-corrected chi connectivity index (χ4v) is 3.56. The van der Waals surface area contributed by atoms with Crippen LogP contribution in [0.2, 0.25) is 0 Å². The quantitative estimate of drug-likeness (QED) is 0.629. The second kappa shape index (κ2) is 8.05. The van der Waals surface area contributed by atoms with Gasteiger partial charge in [0.1, 0.15) is 10.8 Å². The van der Waals surface area contributed by atoms with Gasteiger partial charge >= 0.3 is 12.2 Å². The summed E-state index contributed by atoms with van der Waals surface area (Å²) in [5.41, 5.74) is 1.69. The second-order valence-corrected chi connectivity index (χ2v) is 7.31. The number of para-hydroxylation sites is 1. The highest BCUT2D eigenvalue weighted by Gasteiger charge is 2.28. The van der Waals surface area contributed by atoms with E-state index in [1.165, 1.54) is 28.4 Å². The van der Waals surface area contributed by atoms with Gasteiger partial charge in [-0.2, -0.15) is 13.2 Å². The number of halogens is 3. The first kappa shape index (κ1) is 19.9. The number of alkyl halides is 3. The van der Waals surface area contributed by atoms with E-state index in [0.29, 0.717) is 17.8 Å². The minimum atomic E-state index is -4.43. The van der Waals surface area contributed by atoms with Gasteiger partial charge in [0, 0.05) is 18.3 Å². The number of carbonyl (C=O) groups excluding carboxylic acids is 1. The van der Waals surface area contributed by atoms with Crippen LogP contribution in [0.3, 0.4) is 0 Å². The number of fused-ring (bicyclic) bond motifs is 1. The number of hydrogen-bond acceptors (Lipinski definition) is 4. The molecule has 148 valence electrons. The number of nitrogens with one attached hydrogen (secondary N) is 1. The molecule has 1 N–H and O–H groups in total. The highest BCUT2D eigenvalue weighted by molar-refractivity contribution is 7.18. The van der Waals surface area contributed by atoms with Crippen molar-refractivity contribution in [3.63, 3.8) is 0 Å². The molecular formula is C19H18F3N3O2S. The normalized spacial score (nSPS) is 11.5. The molecule has 1 aromatic heterocycles. The Kier molecular flexibility index (Phi) is 5.73. The number of anilines is 1. The van der Waals surface area contributed by atoms with Gasteiger partial charge in [-0.15, -0.1) is 11.3 Å². The van der Waals surface area contributed by atoms with Crippen molar-refractivity contribution in [3.05, 3.63) is 53.0 Å². The Morgan fingerprint density at radius 2 is 1.96 bits per heavy atom. The Bertz CT molecular complexity index is 955. The van der Waals surface area contributed by atoms with E-state index in [1.807, 2.05) is 24.3 Å². The van der Waals surface area contributed by atoms with E-state index in [4.69, 9.17) is 4.74 Å². The van der Waals surface area contributed by atoms with Crippen molar-refractivity contribution >= 4 is 33.3 Å². The zero-order chi connectivity index (χ0) is 20.3. The SMILES string of the molecule is Cc1c(NC(=O)N(C)Cc2nc3ccccc3s2)cccc1OCC(F)(F)F. The minimum Gasteiger partial charge on any atom is -0.484 e. The lowest BCUT2D eigenvalue weighted by Gasteiger charge is -2.19. The summed E-state index contributed by atoms with van der Waals surface area (Å²) in [5.74, 6) is 0.0731. The van der Waals surface area contributed by atoms with E-state index in [9.17, 15) is 18.0 Å². The van der Waals surface area contributed by atoms with Crippen LogP contribution >= 0.6 is 11.3 Å². The zero-order valence-corrected chi connectivity index (χ0v) is 16.0. The minimum absolute atomic E-state index is 0.0731. The molecular weight excluding hydrogens is 391 g/mol. The molecule has 0 aliphatic carbocycles. The second-order valence-electron chi connectivity index (χ2n) is 6.19. The van der Waals surface area contributed by atoms with Crippen LogP contribution < -0.4 is 10.1 Å². The molecule has 0 saturated carbocycles. The largest absolute Gasteiger partial charge is 0.484 e. The first-order valence-corrected chi connectivity index (χ1v) is 9.20. The number of hydrogen-bond donors (Lipinski definition) is 1. The first-order chi connectivity index (χ1) is 13.2. The molecule has 2 aromatic carbocycles. The summed E-state index contributed by atoms with van der Waals surface area (Å²) < 4.78 is 43.0. The Morgan fingerprint density at radius 1 is 1.21 bits per heavy atom. The summed E-state index contributed by atoms with van der Waals surface area (Å²) in [7, 11) is 1.63. The average molecular weight is 409 g/mol. The molecule has 0 unspecified atom stereocenters. The molecule has 3 aromatic rings. The summed E-state index contributed by atoms with van der Waals surface area (Å²) in [6, 6.07) is 11.9. The van der Waals surface area contributed by atoms with E-state index in [-0.39, 0.29) is 5.75 Å². The van der Waals surface area contributed by atoms with Crippen LogP contribution in [-0.2, 0) is 6.54 Å². The lowest BCUT2D eigenvalue weighted by molar-refractivity contribution is -0.153. The smallest absolute Gasteiger partial charge is 0.422 e. The van der Waals surface area contributed by atoms with Crippen LogP contribution in [0.25, 0.3) is 10.2 Å². The van der Waals surface area contributed by atoms with Gasteiger partial charge in [-0.25, -0.2) is 9.78 Å². The fourth-order valence-electron chi connectivity index (χ4n) is 2.54. The van der Waals surface area contributed by atoms with Gasteiger partial charge < -0.3 is 15.0 Å². The summed E-state index contributed by atoms with van der Waals surface area (Å²) in [4.78, 5) is 18.4. The molecule has 28 heavy (non-hydrogen) atoms.